The van der Waals surface area contributed by atoms with E-state index in [2.05, 4.69) is 21.2 Å². The Hall–Kier alpha value is -1.10. The second-order valence-corrected chi connectivity index (χ2v) is 4.50. The molecule has 0 fully saturated rings. The molecule has 0 aliphatic rings. The number of nitrogens with zero attached hydrogens (tertiary/aromatic N) is 1. The third-order valence-electron chi connectivity index (χ3n) is 2.08. The van der Waals surface area contributed by atoms with Gasteiger partial charge in [0.05, 0.1) is 5.69 Å². The summed E-state index contributed by atoms with van der Waals surface area (Å²) in [5.74, 6) is -0.302. The summed E-state index contributed by atoms with van der Waals surface area (Å²) in [7, 11) is 3.39. The van der Waals surface area contributed by atoms with Crippen molar-refractivity contribution in [3.63, 3.8) is 0 Å². The SMILES string of the molecule is CN(C)C(=O)CCNc1cc(Br)ccc1F. The van der Waals surface area contributed by atoms with Crippen molar-refractivity contribution in [2.24, 2.45) is 0 Å². The molecule has 0 bridgehead atoms. The number of amides is 1. The lowest BCUT2D eigenvalue weighted by molar-refractivity contribution is -0.128. The molecule has 1 amide bonds. The predicted molar refractivity (Wildman–Crippen MR) is 65.9 cm³/mol. The Kier molecular flexibility index (Phi) is 4.73. The van der Waals surface area contributed by atoms with Gasteiger partial charge in [-0.2, -0.15) is 0 Å². The minimum atomic E-state index is -0.319. The van der Waals surface area contributed by atoms with Gasteiger partial charge in [-0.3, -0.25) is 4.79 Å². The number of carbonyl (C=O) groups excluding carboxylic acids is 1. The first-order valence-electron chi connectivity index (χ1n) is 4.90. The van der Waals surface area contributed by atoms with E-state index in [1.807, 2.05) is 0 Å². The van der Waals surface area contributed by atoms with Crippen LogP contribution in [0, 0.1) is 5.82 Å². The first-order valence-corrected chi connectivity index (χ1v) is 5.69. The van der Waals surface area contributed by atoms with Gasteiger partial charge < -0.3 is 10.2 Å². The molecule has 0 saturated heterocycles. The fourth-order valence-corrected chi connectivity index (χ4v) is 1.52. The molecule has 0 aromatic heterocycles. The smallest absolute Gasteiger partial charge is 0.223 e. The zero-order valence-electron chi connectivity index (χ0n) is 9.26. The zero-order chi connectivity index (χ0) is 12.1. The summed E-state index contributed by atoms with van der Waals surface area (Å²) < 4.78 is 14.1. The fraction of sp³-hybridized carbons (Fsp3) is 0.364. The van der Waals surface area contributed by atoms with Gasteiger partial charge in [0.2, 0.25) is 5.91 Å². The molecular formula is C11H14BrFN2O. The topological polar surface area (TPSA) is 32.3 Å². The van der Waals surface area contributed by atoms with E-state index in [0.29, 0.717) is 18.7 Å². The molecule has 1 rings (SSSR count). The number of hydrogen-bond acceptors (Lipinski definition) is 2. The molecule has 16 heavy (non-hydrogen) atoms. The number of rotatable bonds is 4. The molecule has 0 radical (unpaired) electrons. The first-order chi connectivity index (χ1) is 7.50. The van der Waals surface area contributed by atoms with Crippen LogP contribution in [0.4, 0.5) is 10.1 Å². The minimum absolute atomic E-state index is 0.0166. The van der Waals surface area contributed by atoms with Crippen molar-refractivity contribution in [2.75, 3.05) is 26.0 Å². The highest BCUT2D eigenvalue weighted by Gasteiger charge is 2.05. The molecule has 1 aromatic carbocycles. The lowest BCUT2D eigenvalue weighted by Crippen LogP contribution is -2.24. The summed E-state index contributed by atoms with van der Waals surface area (Å²) in [4.78, 5) is 12.8. The Balaban J connectivity index is 2.49. The number of hydrogen-bond donors (Lipinski definition) is 1. The van der Waals surface area contributed by atoms with Crippen molar-refractivity contribution < 1.29 is 9.18 Å². The highest BCUT2D eigenvalue weighted by molar-refractivity contribution is 9.10. The summed E-state index contributed by atoms with van der Waals surface area (Å²) in [6.45, 7) is 0.421. The maximum Gasteiger partial charge on any atom is 0.223 e. The van der Waals surface area contributed by atoms with Crippen molar-refractivity contribution in [1.82, 2.24) is 4.90 Å². The Labute approximate surface area is 103 Å². The van der Waals surface area contributed by atoms with Gasteiger partial charge >= 0.3 is 0 Å². The standard InChI is InChI=1S/C11H14BrFN2O/c1-15(2)11(16)5-6-14-10-7-8(12)3-4-9(10)13/h3-4,7,14H,5-6H2,1-2H3. The van der Waals surface area contributed by atoms with E-state index < -0.39 is 0 Å². The van der Waals surface area contributed by atoms with Crippen LogP contribution in [-0.2, 0) is 4.79 Å². The van der Waals surface area contributed by atoms with E-state index in [-0.39, 0.29) is 11.7 Å². The van der Waals surface area contributed by atoms with E-state index in [9.17, 15) is 9.18 Å². The van der Waals surface area contributed by atoms with Gasteiger partial charge in [-0.25, -0.2) is 4.39 Å². The third kappa shape index (κ3) is 3.81. The number of carbonyl (C=O) groups is 1. The first kappa shape index (κ1) is 13.0. The molecule has 88 valence electrons. The summed E-state index contributed by atoms with van der Waals surface area (Å²) in [6, 6.07) is 4.65. The van der Waals surface area contributed by atoms with Crippen molar-refractivity contribution in [3.05, 3.63) is 28.5 Å². The van der Waals surface area contributed by atoms with Crippen molar-refractivity contribution in [3.8, 4) is 0 Å². The quantitative estimate of drug-likeness (QED) is 0.923. The van der Waals surface area contributed by atoms with Crippen LogP contribution >= 0.6 is 15.9 Å². The van der Waals surface area contributed by atoms with Crippen molar-refractivity contribution >= 4 is 27.5 Å². The van der Waals surface area contributed by atoms with E-state index in [0.717, 1.165) is 4.47 Å². The second-order valence-electron chi connectivity index (χ2n) is 3.59. The van der Waals surface area contributed by atoms with E-state index in [1.165, 1.54) is 11.0 Å². The average Bonchev–Trinajstić information content (AvgIpc) is 2.22. The molecular weight excluding hydrogens is 275 g/mol. The lowest BCUT2D eigenvalue weighted by Gasteiger charge is -2.11. The second kappa shape index (κ2) is 5.84. The maximum atomic E-state index is 13.3. The van der Waals surface area contributed by atoms with Crippen molar-refractivity contribution in [1.29, 1.82) is 0 Å². The van der Waals surface area contributed by atoms with E-state index in [1.54, 1.807) is 26.2 Å². The third-order valence-corrected chi connectivity index (χ3v) is 2.57. The highest BCUT2D eigenvalue weighted by Crippen LogP contribution is 2.19. The van der Waals surface area contributed by atoms with Gasteiger partial charge in [0.15, 0.2) is 0 Å². The number of anilines is 1. The summed E-state index contributed by atoms with van der Waals surface area (Å²) in [5, 5.41) is 2.89. The Morgan fingerprint density at radius 2 is 2.19 bits per heavy atom. The number of nitrogens with one attached hydrogen (secondary N) is 1. The van der Waals surface area contributed by atoms with Crippen LogP contribution < -0.4 is 5.32 Å². The molecule has 0 saturated carbocycles. The summed E-state index contributed by atoms with van der Waals surface area (Å²) in [6.07, 6.45) is 0.346. The lowest BCUT2D eigenvalue weighted by atomic mass is 10.3. The van der Waals surface area contributed by atoms with Gasteiger partial charge in [0.25, 0.3) is 0 Å². The Morgan fingerprint density at radius 1 is 1.50 bits per heavy atom. The normalized spacial score (nSPS) is 10.0. The molecule has 0 aliphatic heterocycles. The molecule has 0 unspecified atom stereocenters. The van der Waals surface area contributed by atoms with Gasteiger partial charge in [-0.1, -0.05) is 15.9 Å². The molecule has 0 atom stereocenters. The molecule has 5 heteroatoms. The summed E-state index contributed by atoms with van der Waals surface area (Å²) >= 11 is 3.26. The van der Waals surface area contributed by atoms with Gasteiger partial charge in [-0.05, 0) is 18.2 Å². The minimum Gasteiger partial charge on any atom is -0.382 e. The maximum absolute atomic E-state index is 13.3. The van der Waals surface area contributed by atoms with Crippen LogP contribution in [-0.4, -0.2) is 31.4 Å². The Morgan fingerprint density at radius 3 is 2.81 bits per heavy atom. The van der Waals surface area contributed by atoms with Crippen LogP contribution in [0.25, 0.3) is 0 Å². The van der Waals surface area contributed by atoms with Gasteiger partial charge in [-0.15, -0.1) is 0 Å². The average molecular weight is 289 g/mol. The highest BCUT2D eigenvalue weighted by atomic mass is 79.9. The van der Waals surface area contributed by atoms with Crippen LogP contribution in [0.15, 0.2) is 22.7 Å². The summed E-state index contributed by atoms with van der Waals surface area (Å²) in [5.41, 5.74) is 0.404. The van der Waals surface area contributed by atoms with E-state index >= 15 is 0 Å². The molecule has 0 spiro atoms. The predicted octanol–water partition coefficient (Wildman–Crippen LogP) is 2.48. The van der Waals surface area contributed by atoms with E-state index in [4.69, 9.17) is 0 Å². The zero-order valence-corrected chi connectivity index (χ0v) is 10.8. The van der Waals surface area contributed by atoms with Crippen molar-refractivity contribution in [2.45, 2.75) is 6.42 Å². The Bertz CT molecular complexity index is 382. The van der Waals surface area contributed by atoms with Crippen LogP contribution in [0.1, 0.15) is 6.42 Å². The van der Waals surface area contributed by atoms with Crippen LogP contribution in [0.5, 0.6) is 0 Å². The van der Waals surface area contributed by atoms with Crippen LogP contribution in [0.2, 0.25) is 0 Å². The molecule has 3 nitrogen and oxygen atoms in total. The number of halogens is 2. The van der Waals surface area contributed by atoms with Crippen LogP contribution in [0.3, 0.4) is 0 Å². The molecule has 1 aromatic rings. The largest absolute Gasteiger partial charge is 0.382 e. The number of benzene rings is 1. The van der Waals surface area contributed by atoms with Gasteiger partial charge in [0, 0.05) is 31.5 Å². The molecule has 0 aliphatic carbocycles. The van der Waals surface area contributed by atoms with Gasteiger partial charge in [0.1, 0.15) is 5.82 Å². The fourth-order valence-electron chi connectivity index (χ4n) is 1.16. The molecule has 1 N–H and O–H groups in total. The monoisotopic (exact) mass is 288 g/mol. The molecule has 0 heterocycles.